The molecule has 4 rings (SSSR count). The minimum Gasteiger partial charge on any atom is -0.337 e. The molecule has 0 bridgehead atoms. The van der Waals surface area contributed by atoms with Crippen LogP contribution in [0, 0.1) is 0 Å². The van der Waals surface area contributed by atoms with E-state index in [1.54, 1.807) is 11.3 Å². The molecule has 2 nitrogen and oxygen atoms in total. The van der Waals surface area contributed by atoms with Gasteiger partial charge in [-0.1, -0.05) is 41.9 Å². The maximum atomic E-state index is 6.47. The normalized spacial score (nSPS) is 11.4. The highest BCUT2D eigenvalue weighted by Gasteiger charge is 2.14. The van der Waals surface area contributed by atoms with Crippen molar-refractivity contribution >= 4 is 44.1 Å². The predicted octanol–water partition coefficient (Wildman–Crippen LogP) is 5.10. The first kappa shape index (κ1) is 11.0. The number of benzene rings is 2. The van der Waals surface area contributed by atoms with Crippen LogP contribution in [0.3, 0.4) is 0 Å². The number of nitrogens with one attached hydrogen (secondary N) is 1. The van der Waals surface area contributed by atoms with Gasteiger partial charge in [-0.05, 0) is 18.2 Å². The summed E-state index contributed by atoms with van der Waals surface area (Å²) in [5, 5.41) is 1.87. The second-order valence-corrected chi connectivity index (χ2v) is 5.77. The monoisotopic (exact) mass is 284 g/mol. The second-order valence-electron chi connectivity index (χ2n) is 4.34. The Hall–Kier alpha value is -1.84. The van der Waals surface area contributed by atoms with E-state index >= 15 is 0 Å². The molecule has 2 heterocycles. The molecule has 1 N–H and O–H groups in total. The number of thiophene rings is 1. The molecule has 0 saturated heterocycles. The number of halogens is 1. The van der Waals surface area contributed by atoms with Gasteiger partial charge in [-0.15, -0.1) is 11.3 Å². The summed E-state index contributed by atoms with van der Waals surface area (Å²) in [6.07, 6.45) is 0. The van der Waals surface area contributed by atoms with Crippen LogP contribution >= 0.6 is 22.9 Å². The number of hydrogen-bond acceptors (Lipinski definition) is 2. The quantitative estimate of drug-likeness (QED) is 0.518. The lowest BCUT2D eigenvalue weighted by atomic mass is 10.2. The molecule has 0 fully saturated rings. The first-order chi connectivity index (χ1) is 9.33. The van der Waals surface area contributed by atoms with Crippen LogP contribution in [0.15, 0.2) is 48.5 Å². The Bertz CT molecular complexity index is 858. The number of fused-ring (bicyclic) bond motifs is 2. The minimum atomic E-state index is 0.777. The summed E-state index contributed by atoms with van der Waals surface area (Å²) >= 11 is 8.14. The average molecular weight is 285 g/mol. The summed E-state index contributed by atoms with van der Waals surface area (Å²) < 4.78 is 1.18. The summed E-state index contributed by atoms with van der Waals surface area (Å²) in [4.78, 5) is 8.94. The van der Waals surface area contributed by atoms with Crippen LogP contribution in [0.5, 0.6) is 0 Å². The van der Waals surface area contributed by atoms with E-state index in [1.807, 2.05) is 42.5 Å². The van der Waals surface area contributed by atoms with E-state index in [4.69, 9.17) is 11.6 Å². The number of para-hydroxylation sites is 2. The molecule has 0 aliphatic heterocycles. The largest absolute Gasteiger partial charge is 0.337 e. The van der Waals surface area contributed by atoms with E-state index in [2.05, 4.69) is 16.0 Å². The molecule has 19 heavy (non-hydrogen) atoms. The zero-order valence-electron chi connectivity index (χ0n) is 9.85. The van der Waals surface area contributed by atoms with Gasteiger partial charge in [-0.2, -0.15) is 0 Å². The molecule has 2 aromatic heterocycles. The molecule has 92 valence electrons. The third-order valence-corrected chi connectivity index (χ3v) is 4.82. The van der Waals surface area contributed by atoms with Gasteiger partial charge in [0, 0.05) is 10.1 Å². The summed E-state index contributed by atoms with van der Waals surface area (Å²) in [7, 11) is 0. The average Bonchev–Trinajstić information content (AvgIpc) is 3.00. The number of aromatic amines is 1. The summed E-state index contributed by atoms with van der Waals surface area (Å²) in [5.41, 5.74) is 2.00. The Balaban J connectivity index is 2.01. The summed E-state index contributed by atoms with van der Waals surface area (Å²) in [5.74, 6) is 0.840. The fourth-order valence-corrected chi connectivity index (χ4v) is 3.69. The van der Waals surface area contributed by atoms with Crippen molar-refractivity contribution in [3.8, 4) is 10.7 Å². The maximum absolute atomic E-state index is 6.47. The minimum absolute atomic E-state index is 0.777. The molecule has 4 aromatic rings. The highest BCUT2D eigenvalue weighted by molar-refractivity contribution is 7.23. The number of imidazole rings is 1. The number of rotatable bonds is 1. The van der Waals surface area contributed by atoms with E-state index in [9.17, 15) is 0 Å². The lowest BCUT2D eigenvalue weighted by Gasteiger charge is -1.91. The summed E-state index contributed by atoms with van der Waals surface area (Å²) in [6.45, 7) is 0. The Morgan fingerprint density at radius 3 is 2.63 bits per heavy atom. The lowest BCUT2D eigenvalue weighted by Crippen LogP contribution is -1.75. The SMILES string of the molecule is Clc1c(-c2nc3ccccc3[nH]2)sc2ccccc12. The molecular weight excluding hydrogens is 276 g/mol. The zero-order valence-corrected chi connectivity index (χ0v) is 11.4. The van der Waals surface area contributed by atoms with Crippen molar-refractivity contribution in [2.45, 2.75) is 0 Å². The van der Waals surface area contributed by atoms with Crippen LogP contribution in [0.4, 0.5) is 0 Å². The van der Waals surface area contributed by atoms with Gasteiger partial charge in [0.25, 0.3) is 0 Å². The second kappa shape index (κ2) is 4.08. The third kappa shape index (κ3) is 1.66. The van der Waals surface area contributed by atoms with Gasteiger partial charge < -0.3 is 4.98 Å². The van der Waals surface area contributed by atoms with E-state index in [-0.39, 0.29) is 0 Å². The Morgan fingerprint density at radius 1 is 1.00 bits per heavy atom. The van der Waals surface area contributed by atoms with Gasteiger partial charge in [0.2, 0.25) is 0 Å². The van der Waals surface area contributed by atoms with Crippen molar-refractivity contribution < 1.29 is 0 Å². The maximum Gasteiger partial charge on any atom is 0.150 e. The molecule has 4 heteroatoms. The van der Waals surface area contributed by atoms with Crippen molar-refractivity contribution in [1.29, 1.82) is 0 Å². The van der Waals surface area contributed by atoms with Crippen LogP contribution in [0.1, 0.15) is 0 Å². The molecule has 0 saturated carbocycles. The lowest BCUT2D eigenvalue weighted by molar-refractivity contribution is 1.36. The number of aromatic nitrogens is 2. The molecule has 0 unspecified atom stereocenters. The van der Waals surface area contributed by atoms with Crippen LogP contribution in [0.2, 0.25) is 5.02 Å². The molecule has 0 spiro atoms. The molecule has 0 aliphatic carbocycles. The Morgan fingerprint density at radius 2 is 1.79 bits per heavy atom. The van der Waals surface area contributed by atoms with Gasteiger partial charge in [0.1, 0.15) is 5.82 Å². The molecule has 0 amide bonds. The van der Waals surface area contributed by atoms with Gasteiger partial charge in [0.15, 0.2) is 0 Å². The number of hydrogen-bond donors (Lipinski definition) is 1. The predicted molar refractivity (Wildman–Crippen MR) is 81.9 cm³/mol. The first-order valence-corrected chi connectivity index (χ1v) is 7.14. The van der Waals surface area contributed by atoms with Gasteiger partial charge in [0.05, 0.1) is 20.9 Å². The van der Waals surface area contributed by atoms with Crippen molar-refractivity contribution in [3.63, 3.8) is 0 Å². The fraction of sp³-hybridized carbons (Fsp3) is 0. The highest BCUT2D eigenvalue weighted by Crippen LogP contribution is 2.41. The van der Waals surface area contributed by atoms with Gasteiger partial charge >= 0.3 is 0 Å². The first-order valence-electron chi connectivity index (χ1n) is 5.95. The van der Waals surface area contributed by atoms with Gasteiger partial charge in [-0.3, -0.25) is 0 Å². The van der Waals surface area contributed by atoms with Crippen molar-refractivity contribution in [1.82, 2.24) is 9.97 Å². The molecule has 0 aliphatic rings. The topological polar surface area (TPSA) is 28.7 Å². The molecular formula is C15H9ClN2S. The van der Waals surface area contributed by atoms with E-state index in [0.29, 0.717) is 0 Å². The smallest absolute Gasteiger partial charge is 0.150 e. The van der Waals surface area contributed by atoms with Gasteiger partial charge in [-0.25, -0.2) is 4.98 Å². The standard InChI is InChI=1S/C15H9ClN2S/c16-13-9-5-1-4-8-12(9)19-14(13)15-17-10-6-2-3-7-11(10)18-15/h1-8H,(H,17,18). The summed E-state index contributed by atoms with van der Waals surface area (Å²) in [6, 6.07) is 16.2. The number of H-pyrrole nitrogens is 1. The van der Waals surface area contributed by atoms with Crippen molar-refractivity contribution in [2.75, 3.05) is 0 Å². The van der Waals surface area contributed by atoms with Crippen LogP contribution < -0.4 is 0 Å². The van der Waals surface area contributed by atoms with Crippen molar-refractivity contribution in [3.05, 3.63) is 53.6 Å². The molecule has 0 atom stereocenters. The van der Waals surface area contributed by atoms with Crippen LogP contribution in [0.25, 0.3) is 31.8 Å². The van der Waals surface area contributed by atoms with E-state index < -0.39 is 0 Å². The molecule has 0 radical (unpaired) electrons. The Labute approximate surface area is 118 Å². The molecule has 2 aromatic carbocycles. The third-order valence-electron chi connectivity index (χ3n) is 3.14. The zero-order chi connectivity index (χ0) is 12.8. The van der Waals surface area contributed by atoms with E-state index in [1.165, 1.54) is 4.70 Å². The van der Waals surface area contributed by atoms with E-state index in [0.717, 1.165) is 32.1 Å². The number of nitrogens with zero attached hydrogens (tertiary/aromatic N) is 1. The highest BCUT2D eigenvalue weighted by atomic mass is 35.5. The van der Waals surface area contributed by atoms with Crippen molar-refractivity contribution in [2.24, 2.45) is 0 Å². The Kier molecular flexibility index (Phi) is 2.37. The van der Waals surface area contributed by atoms with Crippen LogP contribution in [-0.2, 0) is 0 Å². The van der Waals surface area contributed by atoms with Crippen LogP contribution in [-0.4, -0.2) is 9.97 Å². The fourth-order valence-electron chi connectivity index (χ4n) is 2.23.